The Bertz CT molecular complexity index is 875. The minimum atomic E-state index is -3.72. The van der Waals surface area contributed by atoms with E-state index in [0.717, 1.165) is 5.69 Å². The summed E-state index contributed by atoms with van der Waals surface area (Å²) in [5, 5.41) is 4.29. The van der Waals surface area contributed by atoms with E-state index < -0.39 is 10.0 Å². The van der Waals surface area contributed by atoms with Crippen molar-refractivity contribution < 1.29 is 8.42 Å². The van der Waals surface area contributed by atoms with Crippen LogP contribution < -0.4 is 4.72 Å². The van der Waals surface area contributed by atoms with Crippen molar-refractivity contribution in [1.29, 1.82) is 0 Å². The highest BCUT2D eigenvalue weighted by molar-refractivity contribution is 7.92. The molecule has 0 atom stereocenters. The van der Waals surface area contributed by atoms with Crippen molar-refractivity contribution in [2.24, 2.45) is 0 Å². The average molecular weight is 334 g/mol. The smallest absolute Gasteiger partial charge is 0.263 e. The van der Waals surface area contributed by atoms with Gasteiger partial charge in [0.15, 0.2) is 0 Å². The number of nitrogens with zero attached hydrogens (tertiary/aromatic N) is 2. The Morgan fingerprint density at radius 3 is 2.36 bits per heavy atom. The fraction of sp³-hybridized carbons (Fsp3) is 0. The van der Waals surface area contributed by atoms with Gasteiger partial charge in [0.2, 0.25) is 0 Å². The first kappa shape index (κ1) is 14.6. The number of nitrogens with one attached hydrogen (secondary N) is 1. The molecule has 112 valence electrons. The molecule has 0 unspecified atom stereocenters. The zero-order valence-electron chi connectivity index (χ0n) is 11.3. The Labute approximate surface area is 133 Å². The molecular formula is C15H12ClN3O2S. The number of anilines is 1. The summed E-state index contributed by atoms with van der Waals surface area (Å²) in [6.45, 7) is 0. The van der Waals surface area contributed by atoms with Crippen LogP contribution in [0.2, 0.25) is 5.02 Å². The van der Waals surface area contributed by atoms with Crippen molar-refractivity contribution in [3.63, 3.8) is 0 Å². The summed E-state index contributed by atoms with van der Waals surface area (Å²) in [4.78, 5) is 0.0489. The van der Waals surface area contributed by atoms with E-state index in [1.807, 2.05) is 12.3 Å². The first-order chi connectivity index (χ1) is 10.6. The molecule has 0 aliphatic carbocycles. The maximum Gasteiger partial charge on any atom is 0.263 e. The Balaban J connectivity index is 1.86. The number of aromatic nitrogens is 2. The Kier molecular flexibility index (Phi) is 3.87. The highest BCUT2D eigenvalue weighted by atomic mass is 35.5. The van der Waals surface area contributed by atoms with Crippen LogP contribution in [0.25, 0.3) is 5.69 Å². The van der Waals surface area contributed by atoms with E-state index in [0.29, 0.717) is 5.69 Å². The molecule has 7 heteroatoms. The molecule has 0 spiro atoms. The predicted molar refractivity (Wildman–Crippen MR) is 85.8 cm³/mol. The van der Waals surface area contributed by atoms with Crippen LogP contribution in [0, 0.1) is 0 Å². The lowest BCUT2D eigenvalue weighted by Gasteiger charge is -2.10. The molecule has 0 radical (unpaired) electrons. The van der Waals surface area contributed by atoms with Crippen LogP contribution in [-0.4, -0.2) is 18.2 Å². The predicted octanol–water partition coefficient (Wildman–Crippen LogP) is 3.33. The molecule has 0 aliphatic rings. The van der Waals surface area contributed by atoms with Gasteiger partial charge in [-0.1, -0.05) is 23.7 Å². The summed E-state index contributed by atoms with van der Waals surface area (Å²) in [5.41, 5.74) is 1.29. The summed E-state index contributed by atoms with van der Waals surface area (Å²) >= 11 is 5.94. The maximum absolute atomic E-state index is 12.3. The normalized spacial score (nSPS) is 11.3. The molecule has 5 nitrogen and oxygen atoms in total. The molecule has 3 aromatic rings. The zero-order valence-corrected chi connectivity index (χ0v) is 12.9. The van der Waals surface area contributed by atoms with Crippen molar-refractivity contribution in [2.75, 3.05) is 4.72 Å². The average Bonchev–Trinajstić information content (AvgIpc) is 3.02. The van der Waals surface area contributed by atoms with E-state index in [2.05, 4.69) is 9.82 Å². The van der Waals surface area contributed by atoms with Crippen LogP contribution >= 0.6 is 11.6 Å². The van der Waals surface area contributed by atoms with Gasteiger partial charge >= 0.3 is 0 Å². The topological polar surface area (TPSA) is 64.0 Å². The quantitative estimate of drug-likeness (QED) is 0.796. The van der Waals surface area contributed by atoms with Gasteiger partial charge in [-0.15, -0.1) is 0 Å². The Hall–Kier alpha value is -2.31. The van der Waals surface area contributed by atoms with Gasteiger partial charge in [0.25, 0.3) is 10.0 Å². The summed E-state index contributed by atoms with van der Waals surface area (Å²) in [6.07, 6.45) is 3.48. The highest BCUT2D eigenvalue weighted by Crippen LogP contribution is 2.23. The van der Waals surface area contributed by atoms with Crippen LogP contribution in [0.3, 0.4) is 0 Å². The lowest BCUT2D eigenvalue weighted by molar-refractivity contribution is 0.601. The molecule has 3 rings (SSSR count). The third-order valence-electron chi connectivity index (χ3n) is 3.01. The van der Waals surface area contributed by atoms with Crippen LogP contribution in [0.4, 0.5) is 5.69 Å². The number of halogens is 1. The highest BCUT2D eigenvalue weighted by Gasteiger charge is 2.17. The number of benzene rings is 2. The van der Waals surface area contributed by atoms with Gasteiger partial charge in [-0.2, -0.15) is 5.10 Å². The molecule has 0 saturated heterocycles. The van der Waals surface area contributed by atoms with E-state index in [-0.39, 0.29) is 9.92 Å². The summed E-state index contributed by atoms with van der Waals surface area (Å²) < 4.78 is 28.8. The van der Waals surface area contributed by atoms with E-state index in [1.165, 1.54) is 12.1 Å². The van der Waals surface area contributed by atoms with Crippen molar-refractivity contribution >= 4 is 27.3 Å². The third kappa shape index (κ3) is 2.98. The van der Waals surface area contributed by atoms with Crippen LogP contribution in [0.5, 0.6) is 0 Å². The SMILES string of the molecule is O=S(=O)(Nc1ccc(-n2cccn2)cc1)c1ccccc1Cl. The molecule has 1 aromatic heterocycles. The molecule has 0 bridgehead atoms. The summed E-state index contributed by atoms with van der Waals surface area (Å²) in [7, 11) is -3.72. The maximum atomic E-state index is 12.3. The second kappa shape index (κ2) is 5.82. The first-order valence-corrected chi connectivity index (χ1v) is 8.30. The molecule has 1 heterocycles. The van der Waals surface area contributed by atoms with Gasteiger partial charge in [-0.3, -0.25) is 4.72 Å². The number of hydrogen-bond acceptors (Lipinski definition) is 3. The second-order valence-electron chi connectivity index (χ2n) is 4.53. The number of sulfonamides is 1. The number of hydrogen-bond donors (Lipinski definition) is 1. The van der Waals surface area contributed by atoms with Gasteiger partial charge in [-0.05, 0) is 42.5 Å². The zero-order chi connectivity index (χ0) is 15.6. The lowest BCUT2D eigenvalue weighted by atomic mass is 10.3. The minimum Gasteiger partial charge on any atom is -0.280 e. The molecule has 0 amide bonds. The minimum absolute atomic E-state index is 0.0489. The van der Waals surface area contributed by atoms with Crippen molar-refractivity contribution in [3.05, 3.63) is 72.0 Å². The van der Waals surface area contributed by atoms with Gasteiger partial charge in [-0.25, -0.2) is 13.1 Å². The van der Waals surface area contributed by atoms with E-state index >= 15 is 0 Å². The van der Waals surface area contributed by atoms with Crippen LogP contribution in [0.1, 0.15) is 0 Å². The largest absolute Gasteiger partial charge is 0.280 e. The Morgan fingerprint density at radius 2 is 1.73 bits per heavy atom. The molecule has 1 N–H and O–H groups in total. The van der Waals surface area contributed by atoms with Gasteiger partial charge < -0.3 is 0 Å². The summed E-state index contributed by atoms with van der Waals surface area (Å²) in [6, 6.07) is 15.0. The van der Waals surface area contributed by atoms with Crippen LogP contribution in [-0.2, 0) is 10.0 Å². The fourth-order valence-electron chi connectivity index (χ4n) is 1.98. The molecule has 2 aromatic carbocycles. The van der Waals surface area contributed by atoms with Gasteiger partial charge in [0.1, 0.15) is 4.90 Å². The van der Waals surface area contributed by atoms with Gasteiger partial charge in [0.05, 0.1) is 10.7 Å². The van der Waals surface area contributed by atoms with Gasteiger partial charge in [0, 0.05) is 18.1 Å². The molecule has 0 aliphatic heterocycles. The molecule has 22 heavy (non-hydrogen) atoms. The number of rotatable bonds is 4. The molecule has 0 saturated carbocycles. The van der Waals surface area contributed by atoms with Crippen molar-refractivity contribution in [2.45, 2.75) is 4.90 Å². The Morgan fingerprint density at radius 1 is 1.00 bits per heavy atom. The first-order valence-electron chi connectivity index (χ1n) is 6.44. The fourth-order valence-corrected chi connectivity index (χ4v) is 3.56. The lowest BCUT2D eigenvalue weighted by Crippen LogP contribution is -2.13. The van der Waals surface area contributed by atoms with Crippen molar-refractivity contribution in [3.8, 4) is 5.69 Å². The monoisotopic (exact) mass is 333 g/mol. The third-order valence-corrected chi connectivity index (χ3v) is 4.90. The van der Waals surface area contributed by atoms with E-state index in [9.17, 15) is 8.42 Å². The second-order valence-corrected chi connectivity index (χ2v) is 6.59. The standard InChI is InChI=1S/C15H12ClN3O2S/c16-14-4-1-2-5-15(14)22(20,21)18-12-6-8-13(9-7-12)19-11-3-10-17-19/h1-11,18H. The van der Waals surface area contributed by atoms with Crippen LogP contribution in [0.15, 0.2) is 71.9 Å². The van der Waals surface area contributed by atoms with Crippen molar-refractivity contribution in [1.82, 2.24) is 9.78 Å². The molecular weight excluding hydrogens is 322 g/mol. The van der Waals surface area contributed by atoms with E-state index in [1.54, 1.807) is 47.3 Å². The van der Waals surface area contributed by atoms with E-state index in [4.69, 9.17) is 11.6 Å². The molecule has 0 fully saturated rings. The summed E-state index contributed by atoms with van der Waals surface area (Å²) in [5.74, 6) is 0.